The lowest BCUT2D eigenvalue weighted by molar-refractivity contribution is 0.475. The van der Waals surface area contributed by atoms with Gasteiger partial charge in [0.2, 0.25) is 0 Å². The van der Waals surface area contributed by atoms with Gasteiger partial charge in [-0.05, 0) is 17.7 Å². The minimum atomic E-state index is -0.370. The Morgan fingerprint density at radius 3 is 2.67 bits per heavy atom. The highest BCUT2D eigenvalue weighted by Gasteiger charge is 2.17. The Kier molecular flexibility index (Phi) is 4.13. The molecule has 0 aliphatic rings. The van der Waals surface area contributed by atoms with Gasteiger partial charge >= 0.3 is 12.1 Å². The van der Waals surface area contributed by atoms with Crippen LogP contribution >= 0.6 is 0 Å². The molecule has 3 N–H and O–H groups in total. The van der Waals surface area contributed by atoms with Crippen LogP contribution in [-0.4, -0.2) is 31.0 Å². The minimum absolute atomic E-state index is 0.0587. The molecular formula is C19H14N5O3. The predicted molar refractivity (Wildman–Crippen MR) is 100 cm³/mol. The van der Waals surface area contributed by atoms with Crippen LogP contribution in [-0.2, 0) is 11.3 Å². The van der Waals surface area contributed by atoms with Crippen molar-refractivity contribution in [2.45, 2.75) is 6.54 Å². The van der Waals surface area contributed by atoms with Crippen LogP contribution in [0.4, 0.5) is 5.82 Å². The second-order valence-corrected chi connectivity index (χ2v) is 5.87. The summed E-state index contributed by atoms with van der Waals surface area (Å²) < 4.78 is 1.47. The Labute approximate surface area is 153 Å². The summed E-state index contributed by atoms with van der Waals surface area (Å²) in [6.07, 6.45) is 1.57. The summed E-state index contributed by atoms with van der Waals surface area (Å²) in [6.45, 7) is 0.306. The largest absolute Gasteiger partial charge is 0.508 e. The molecule has 27 heavy (non-hydrogen) atoms. The Hall–Kier alpha value is -3.94. The van der Waals surface area contributed by atoms with Crippen LogP contribution in [0.3, 0.4) is 0 Å². The van der Waals surface area contributed by atoms with Gasteiger partial charge in [-0.15, -0.1) is 0 Å². The molecule has 0 atom stereocenters. The van der Waals surface area contributed by atoms with Gasteiger partial charge in [0, 0.05) is 5.56 Å². The summed E-state index contributed by atoms with van der Waals surface area (Å²) in [7, 11) is 0. The molecule has 1 amide bonds. The first-order valence-corrected chi connectivity index (χ1v) is 8.13. The lowest BCUT2D eigenvalue weighted by atomic mass is 10.2. The number of hydrogen-bond donors (Lipinski definition) is 3. The predicted octanol–water partition coefficient (Wildman–Crippen LogP) is 2.02. The maximum Gasteiger partial charge on any atom is 0.328 e. The number of amides is 1. The van der Waals surface area contributed by atoms with E-state index < -0.39 is 0 Å². The topological polar surface area (TPSA) is 113 Å². The number of nitrogens with one attached hydrogen (secondary N) is 2. The number of carbonyl (C=O) groups excluding carboxylic acids is 1. The molecule has 133 valence electrons. The van der Waals surface area contributed by atoms with E-state index in [-0.39, 0.29) is 23.1 Å². The number of aromatic hydroxyl groups is 1. The molecule has 2 aromatic heterocycles. The van der Waals surface area contributed by atoms with Crippen LogP contribution in [0, 0.1) is 0 Å². The third kappa shape index (κ3) is 3.15. The standard InChI is InChI=1S/C19H14N5O3/c25-11-20-17-15-18(23-16(22-17)13-7-4-8-14(26)9-13)24(19(27)21-15)10-12-5-2-1-3-6-12/h1-9,26H,10H2,(H,21,27)(H,20,22,23,25). The molecule has 8 heteroatoms. The molecule has 0 bridgehead atoms. The summed E-state index contributed by atoms with van der Waals surface area (Å²) in [5.74, 6) is 0.456. The van der Waals surface area contributed by atoms with Gasteiger partial charge < -0.3 is 15.4 Å². The van der Waals surface area contributed by atoms with E-state index in [9.17, 15) is 14.7 Å². The van der Waals surface area contributed by atoms with Crippen molar-refractivity contribution >= 4 is 23.4 Å². The van der Waals surface area contributed by atoms with Crippen molar-refractivity contribution in [3.63, 3.8) is 0 Å². The molecule has 0 aliphatic heterocycles. The SMILES string of the molecule is O=[C]Nc1nc(-c2cccc(O)c2)nc2c1[nH]c(=O)n2Cc1ccccc1. The number of fused-ring (bicyclic) bond motifs is 1. The molecule has 0 saturated heterocycles. The van der Waals surface area contributed by atoms with Crippen LogP contribution in [0.25, 0.3) is 22.6 Å². The van der Waals surface area contributed by atoms with E-state index in [1.807, 2.05) is 30.3 Å². The number of anilines is 1. The minimum Gasteiger partial charge on any atom is -0.508 e. The van der Waals surface area contributed by atoms with Crippen molar-refractivity contribution < 1.29 is 9.90 Å². The van der Waals surface area contributed by atoms with Crippen LogP contribution < -0.4 is 11.0 Å². The molecule has 2 heterocycles. The molecule has 0 aliphatic carbocycles. The monoisotopic (exact) mass is 360 g/mol. The molecular weight excluding hydrogens is 346 g/mol. The molecule has 0 fully saturated rings. The maximum absolute atomic E-state index is 12.5. The van der Waals surface area contributed by atoms with Crippen molar-refractivity contribution in [2.24, 2.45) is 0 Å². The van der Waals surface area contributed by atoms with Gasteiger partial charge in [-0.2, -0.15) is 0 Å². The number of aromatic nitrogens is 4. The second-order valence-electron chi connectivity index (χ2n) is 5.87. The normalized spacial score (nSPS) is 10.8. The first-order chi connectivity index (χ1) is 13.2. The van der Waals surface area contributed by atoms with Crippen LogP contribution in [0.5, 0.6) is 5.75 Å². The summed E-state index contributed by atoms with van der Waals surface area (Å²) in [6, 6.07) is 15.9. The van der Waals surface area contributed by atoms with Crippen molar-refractivity contribution in [3.8, 4) is 17.1 Å². The smallest absolute Gasteiger partial charge is 0.328 e. The zero-order chi connectivity index (χ0) is 18.8. The van der Waals surface area contributed by atoms with E-state index in [1.165, 1.54) is 16.7 Å². The Morgan fingerprint density at radius 2 is 1.93 bits per heavy atom. The Bertz CT molecular complexity index is 1180. The molecule has 1 radical (unpaired) electrons. The number of aromatic amines is 1. The second kappa shape index (κ2) is 6.75. The molecule has 4 aromatic rings. The third-order valence-corrected chi connectivity index (χ3v) is 4.08. The van der Waals surface area contributed by atoms with E-state index in [0.717, 1.165) is 5.56 Å². The molecule has 0 unspecified atom stereocenters. The van der Waals surface area contributed by atoms with Gasteiger partial charge in [-0.3, -0.25) is 9.36 Å². The Balaban J connectivity index is 1.93. The Morgan fingerprint density at radius 1 is 1.11 bits per heavy atom. The van der Waals surface area contributed by atoms with Crippen molar-refractivity contribution in [1.82, 2.24) is 19.5 Å². The number of hydrogen-bond acceptors (Lipinski definition) is 5. The molecule has 0 spiro atoms. The van der Waals surface area contributed by atoms with Gasteiger partial charge in [0.1, 0.15) is 11.3 Å². The van der Waals surface area contributed by atoms with Crippen molar-refractivity contribution in [2.75, 3.05) is 5.32 Å². The fraction of sp³-hybridized carbons (Fsp3) is 0.0526. The van der Waals surface area contributed by atoms with Crippen molar-refractivity contribution in [1.29, 1.82) is 0 Å². The van der Waals surface area contributed by atoms with E-state index in [2.05, 4.69) is 20.3 Å². The first-order valence-electron chi connectivity index (χ1n) is 8.13. The van der Waals surface area contributed by atoms with Crippen LogP contribution in [0.1, 0.15) is 5.56 Å². The fourth-order valence-corrected chi connectivity index (χ4v) is 2.86. The first kappa shape index (κ1) is 16.5. The van der Waals surface area contributed by atoms with Crippen LogP contribution in [0.2, 0.25) is 0 Å². The lowest BCUT2D eigenvalue weighted by Gasteiger charge is -2.07. The highest BCUT2D eigenvalue weighted by atomic mass is 16.3. The van der Waals surface area contributed by atoms with Crippen molar-refractivity contribution in [3.05, 3.63) is 70.6 Å². The zero-order valence-electron chi connectivity index (χ0n) is 14.0. The number of phenols is 1. The highest BCUT2D eigenvalue weighted by molar-refractivity contribution is 5.90. The highest BCUT2D eigenvalue weighted by Crippen LogP contribution is 2.25. The average Bonchev–Trinajstić information content (AvgIpc) is 2.99. The summed E-state index contributed by atoms with van der Waals surface area (Å²) in [5.41, 5.74) is 1.75. The number of rotatable bonds is 5. The van der Waals surface area contributed by atoms with Crippen LogP contribution in [0.15, 0.2) is 59.4 Å². The van der Waals surface area contributed by atoms with E-state index in [1.54, 1.807) is 18.5 Å². The van der Waals surface area contributed by atoms with E-state index in [4.69, 9.17) is 0 Å². The van der Waals surface area contributed by atoms with Gasteiger partial charge in [-0.1, -0.05) is 42.5 Å². The number of benzene rings is 2. The average molecular weight is 360 g/mol. The molecule has 4 rings (SSSR count). The summed E-state index contributed by atoms with van der Waals surface area (Å²) in [4.78, 5) is 34.8. The van der Waals surface area contributed by atoms with Gasteiger partial charge in [0.15, 0.2) is 17.3 Å². The number of H-pyrrole nitrogens is 1. The molecule has 0 saturated carbocycles. The number of phenolic OH excluding ortho intramolecular Hbond substituents is 1. The molecule has 2 aromatic carbocycles. The number of nitrogens with zero attached hydrogens (tertiary/aromatic N) is 3. The summed E-state index contributed by atoms with van der Waals surface area (Å²) >= 11 is 0. The lowest BCUT2D eigenvalue weighted by Crippen LogP contribution is -2.17. The van der Waals surface area contributed by atoms with Gasteiger partial charge in [0.25, 0.3) is 0 Å². The maximum atomic E-state index is 12.5. The van der Waals surface area contributed by atoms with E-state index in [0.29, 0.717) is 23.3 Å². The summed E-state index contributed by atoms with van der Waals surface area (Å²) in [5, 5.41) is 12.1. The van der Waals surface area contributed by atoms with Gasteiger partial charge in [0.05, 0.1) is 6.54 Å². The third-order valence-electron chi connectivity index (χ3n) is 4.08. The van der Waals surface area contributed by atoms with E-state index >= 15 is 0 Å². The zero-order valence-corrected chi connectivity index (χ0v) is 14.0. The number of imidazole rings is 1. The quantitative estimate of drug-likeness (QED) is 0.471. The molecule has 8 nitrogen and oxygen atoms in total. The fourth-order valence-electron chi connectivity index (χ4n) is 2.86. The van der Waals surface area contributed by atoms with Gasteiger partial charge in [-0.25, -0.2) is 14.8 Å².